The number of aromatic nitrogens is 4. The minimum Gasteiger partial charge on any atom is -0.480 e. The Balaban J connectivity index is 1.40. The predicted molar refractivity (Wildman–Crippen MR) is 135 cm³/mol. The highest BCUT2D eigenvalue weighted by Crippen LogP contribution is 2.26. The van der Waals surface area contributed by atoms with Gasteiger partial charge in [0.1, 0.15) is 0 Å². The molecule has 0 spiro atoms. The molecule has 35 heavy (non-hydrogen) atoms. The lowest BCUT2D eigenvalue weighted by molar-refractivity contribution is 0.0740. The highest BCUT2D eigenvalue weighted by atomic mass is 35.5. The van der Waals surface area contributed by atoms with Crippen LogP contribution in [-0.4, -0.2) is 64.1 Å². The van der Waals surface area contributed by atoms with Crippen LogP contribution in [0.15, 0.2) is 66.7 Å². The standard InChI is InChI=1S/C26H25ClN6O2/c1-18-3-9-21(10-4-18)31-13-15-32(16-14-31)26(34)22-17-23(19-5-7-20(27)8-6-19)33(30-22)24-11-12-25(35-2)29-28-24/h3-12,17H,13-16H2,1-2H3. The monoisotopic (exact) mass is 488 g/mol. The lowest BCUT2D eigenvalue weighted by Crippen LogP contribution is -2.48. The number of methoxy groups -OCH3 is 1. The van der Waals surface area contributed by atoms with E-state index >= 15 is 0 Å². The largest absolute Gasteiger partial charge is 0.480 e. The number of halogens is 1. The second-order valence-electron chi connectivity index (χ2n) is 8.38. The van der Waals surface area contributed by atoms with Crippen LogP contribution in [0.25, 0.3) is 17.1 Å². The summed E-state index contributed by atoms with van der Waals surface area (Å²) in [6, 6.07) is 21.1. The van der Waals surface area contributed by atoms with E-state index in [2.05, 4.69) is 51.4 Å². The third-order valence-corrected chi connectivity index (χ3v) is 6.34. The number of carbonyl (C=O) groups is 1. The van der Waals surface area contributed by atoms with Gasteiger partial charge in [0.05, 0.1) is 12.8 Å². The smallest absolute Gasteiger partial charge is 0.274 e. The molecule has 1 aliphatic rings. The molecule has 9 heteroatoms. The number of anilines is 1. The summed E-state index contributed by atoms with van der Waals surface area (Å²) in [6.07, 6.45) is 0. The Morgan fingerprint density at radius 2 is 1.63 bits per heavy atom. The van der Waals surface area contributed by atoms with Gasteiger partial charge in [-0.1, -0.05) is 41.4 Å². The summed E-state index contributed by atoms with van der Waals surface area (Å²) in [5.41, 5.74) is 4.35. The molecule has 1 aliphatic heterocycles. The first kappa shape index (κ1) is 22.9. The van der Waals surface area contributed by atoms with Crippen molar-refractivity contribution in [3.05, 3.63) is 83.0 Å². The van der Waals surface area contributed by atoms with Gasteiger partial charge >= 0.3 is 0 Å². The van der Waals surface area contributed by atoms with Crippen molar-refractivity contribution in [1.29, 1.82) is 0 Å². The predicted octanol–water partition coefficient (Wildman–Crippen LogP) is 4.26. The zero-order valence-electron chi connectivity index (χ0n) is 19.6. The molecule has 5 rings (SSSR count). The fraction of sp³-hybridized carbons (Fsp3) is 0.231. The highest BCUT2D eigenvalue weighted by molar-refractivity contribution is 6.30. The number of rotatable bonds is 5. The van der Waals surface area contributed by atoms with Crippen LogP contribution in [0.2, 0.25) is 5.02 Å². The van der Waals surface area contributed by atoms with Crippen molar-refractivity contribution >= 4 is 23.2 Å². The van der Waals surface area contributed by atoms with Gasteiger partial charge in [0, 0.05) is 48.5 Å². The van der Waals surface area contributed by atoms with Crippen LogP contribution in [0.3, 0.4) is 0 Å². The van der Waals surface area contributed by atoms with E-state index in [-0.39, 0.29) is 5.91 Å². The van der Waals surface area contributed by atoms with Crippen LogP contribution in [0.1, 0.15) is 16.1 Å². The van der Waals surface area contributed by atoms with Crippen molar-refractivity contribution in [3.63, 3.8) is 0 Å². The molecule has 1 saturated heterocycles. The fourth-order valence-corrected chi connectivity index (χ4v) is 4.23. The number of hydrogen-bond donors (Lipinski definition) is 0. The molecule has 8 nitrogen and oxygen atoms in total. The molecule has 0 radical (unpaired) electrons. The Kier molecular flexibility index (Phi) is 6.37. The molecule has 0 atom stereocenters. The maximum Gasteiger partial charge on any atom is 0.274 e. The maximum atomic E-state index is 13.4. The zero-order chi connectivity index (χ0) is 24.4. The van der Waals surface area contributed by atoms with Gasteiger partial charge in [-0.05, 0) is 43.3 Å². The molecule has 0 N–H and O–H groups in total. The summed E-state index contributed by atoms with van der Waals surface area (Å²) in [5.74, 6) is 0.777. The van der Waals surface area contributed by atoms with Crippen molar-refractivity contribution in [2.45, 2.75) is 6.92 Å². The molecule has 0 unspecified atom stereocenters. The van der Waals surface area contributed by atoms with Crippen LogP contribution in [0.5, 0.6) is 5.88 Å². The molecular weight excluding hydrogens is 464 g/mol. The fourth-order valence-electron chi connectivity index (χ4n) is 4.11. The van der Waals surface area contributed by atoms with Gasteiger partial charge in [-0.25, -0.2) is 4.68 Å². The van der Waals surface area contributed by atoms with E-state index in [4.69, 9.17) is 16.3 Å². The number of ether oxygens (including phenoxy) is 1. The van der Waals surface area contributed by atoms with Crippen molar-refractivity contribution < 1.29 is 9.53 Å². The quantitative estimate of drug-likeness (QED) is 0.418. The third kappa shape index (κ3) is 4.83. The van der Waals surface area contributed by atoms with E-state index in [0.717, 1.165) is 24.3 Å². The Bertz CT molecular complexity index is 1310. The van der Waals surface area contributed by atoms with Crippen LogP contribution < -0.4 is 9.64 Å². The van der Waals surface area contributed by atoms with Crippen LogP contribution in [-0.2, 0) is 0 Å². The summed E-state index contributed by atoms with van der Waals surface area (Å²) >= 11 is 6.09. The number of amides is 1. The number of carbonyl (C=O) groups excluding carboxylic acids is 1. The highest BCUT2D eigenvalue weighted by Gasteiger charge is 2.26. The second-order valence-corrected chi connectivity index (χ2v) is 8.82. The SMILES string of the molecule is COc1ccc(-n2nc(C(=O)N3CCN(c4ccc(C)cc4)CC3)cc2-c2ccc(Cl)cc2)nn1. The van der Waals surface area contributed by atoms with Gasteiger partial charge in [0.2, 0.25) is 5.88 Å². The average Bonchev–Trinajstić information content (AvgIpc) is 3.35. The Hall–Kier alpha value is -3.91. The summed E-state index contributed by atoms with van der Waals surface area (Å²) < 4.78 is 6.75. The van der Waals surface area contributed by atoms with Gasteiger partial charge in [-0.3, -0.25) is 4.79 Å². The van der Waals surface area contributed by atoms with E-state index in [9.17, 15) is 4.79 Å². The Morgan fingerprint density at radius 1 is 0.914 bits per heavy atom. The number of benzene rings is 2. The first-order chi connectivity index (χ1) is 17.0. The van der Waals surface area contributed by atoms with Crippen molar-refractivity contribution in [2.24, 2.45) is 0 Å². The van der Waals surface area contributed by atoms with Crippen LogP contribution in [0, 0.1) is 6.92 Å². The molecule has 0 bridgehead atoms. The molecule has 1 fully saturated rings. The normalized spacial score (nSPS) is 13.7. The molecule has 4 aromatic rings. The van der Waals surface area contributed by atoms with Gasteiger partial charge in [-0.15, -0.1) is 10.2 Å². The summed E-state index contributed by atoms with van der Waals surface area (Å²) in [7, 11) is 1.53. The zero-order valence-corrected chi connectivity index (χ0v) is 20.3. The van der Waals surface area contributed by atoms with E-state index in [1.54, 1.807) is 35.0 Å². The van der Waals surface area contributed by atoms with Crippen LogP contribution in [0.4, 0.5) is 5.69 Å². The topological polar surface area (TPSA) is 76.4 Å². The van der Waals surface area contributed by atoms with E-state index in [1.807, 2.05) is 17.0 Å². The van der Waals surface area contributed by atoms with Crippen LogP contribution >= 0.6 is 11.6 Å². The summed E-state index contributed by atoms with van der Waals surface area (Å²) in [5, 5.41) is 13.5. The van der Waals surface area contributed by atoms with E-state index in [0.29, 0.717) is 35.5 Å². The Morgan fingerprint density at radius 3 is 2.26 bits per heavy atom. The molecule has 1 amide bonds. The second kappa shape index (κ2) is 9.76. The van der Waals surface area contributed by atoms with Gasteiger partial charge in [0.15, 0.2) is 11.5 Å². The lowest BCUT2D eigenvalue weighted by Gasteiger charge is -2.35. The third-order valence-electron chi connectivity index (χ3n) is 6.09. The van der Waals surface area contributed by atoms with E-state index < -0.39 is 0 Å². The maximum absolute atomic E-state index is 13.4. The molecule has 2 aromatic heterocycles. The van der Waals surface area contributed by atoms with E-state index in [1.165, 1.54) is 18.4 Å². The number of nitrogens with zero attached hydrogens (tertiary/aromatic N) is 6. The summed E-state index contributed by atoms with van der Waals surface area (Å²) in [4.78, 5) is 17.6. The number of hydrogen-bond acceptors (Lipinski definition) is 6. The summed E-state index contributed by atoms with van der Waals surface area (Å²) in [6.45, 7) is 4.86. The Labute approximate surface area is 208 Å². The molecule has 0 aliphatic carbocycles. The molecule has 3 heterocycles. The minimum atomic E-state index is -0.107. The first-order valence-corrected chi connectivity index (χ1v) is 11.7. The molecular formula is C26H25ClN6O2. The number of aryl methyl sites for hydroxylation is 1. The van der Waals surface area contributed by atoms with Gasteiger partial charge in [-0.2, -0.15) is 5.10 Å². The lowest BCUT2D eigenvalue weighted by atomic mass is 10.1. The van der Waals surface area contributed by atoms with Crippen molar-refractivity contribution in [3.8, 4) is 23.0 Å². The van der Waals surface area contributed by atoms with Gasteiger partial charge < -0.3 is 14.5 Å². The molecule has 178 valence electrons. The van der Waals surface area contributed by atoms with Crippen molar-refractivity contribution in [1.82, 2.24) is 24.9 Å². The minimum absolute atomic E-state index is 0.107. The molecule has 0 saturated carbocycles. The first-order valence-electron chi connectivity index (χ1n) is 11.4. The van der Waals surface area contributed by atoms with Crippen molar-refractivity contribution in [2.75, 3.05) is 38.2 Å². The van der Waals surface area contributed by atoms with Gasteiger partial charge in [0.25, 0.3) is 5.91 Å². The number of piperazine rings is 1. The molecule has 2 aromatic carbocycles. The average molecular weight is 489 g/mol.